The molecule has 1 aliphatic carbocycles. The topological polar surface area (TPSA) is 80.6 Å². The van der Waals surface area contributed by atoms with Gasteiger partial charge in [0.25, 0.3) is 0 Å². The Labute approximate surface area is 207 Å². The van der Waals surface area contributed by atoms with Gasteiger partial charge >= 0.3 is 0 Å². The van der Waals surface area contributed by atoms with E-state index in [0.717, 1.165) is 35.1 Å². The van der Waals surface area contributed by atoms with E-state index in [0.29, 0.717) is 45.4 Å². The summed E-state index contributed by atoms with van der Waals surface area (Å²) in [5.41, 5.74) is 3.01. The van der Waals surface area contributed by atoms with Gasteiger partial charge in [0.1, 0.15) is 0 Å². The number of nitrogens with zero attached hydrogens (tertiary/aromatic N) is 2. The summed E-state index contributed by atoms with van der Waals surface area (Å²) in [4.78, 5) is 15.1. The van der Waals surface area contributed by atoms with Gasteiger partial charge in [-0.1, -0.05) is 36.4 Å². The number of benzene rings is 2. The van der Waals surface area contributed by atoms with Crippen LogP contribution in [-0.2, 0) is 26.6 Å². The van der Waals surface area contributed by atoms with Crippen LogP contribution in [0.4, 0.5) is 0 Å². The normalized spacial score (nSPS) is 21.7. The first-order valence-electron chi connectivity index (χ1n) is 12.5. The van der Waals surface area contributed by atoms with Gasteiger partial charge in [-0.25, -0.2) is 13.1 Å². The molecule has 7 nitrogen and oxygen atoms in total. The molecule has 1 amide bonds. The molecular weight excluding hydrogens is 462 g/mol. The summed E-state index contributed by atoms with van der Waals surface area (Å²) in [7, 11) is -1.70. The Balaban J connectivity index is 1.26. The minimum Gasteiger partial charge on any atom is -0.380 e. The van der Waals surface area contributed by atoms with E-state index in [1.165, 1.54) is 0 Å². The van der Waals surface area contributed by atoms with Crippen molar-refractivity contribution in [1.82, 2.24) is 14.2 Å². The van der Waals surface area contributed by atoms with E-state index in [1.54, 1.807) is 12.1 Å². The van der Waals surface area contributed by atoms with Crippen LogP contribution in [0.2, 0.25) is 0 Å². The van der Waals surface area contributed by atoms with Crippen LogP contribution in [0.15, 0.2) is 59.5 Å². The minimum absolute atomic E-state index is 0.0232. The lowest BCUT2D eigenvalue weighted by molar-refractivity contribution is -0.136. The van der Waals surface area contributed by atoms with Crippen molar-refractivity contribution < 1.29 is 17.9 Å². The van der Waals surface area contributed by atoms with Gasteiger partial charge in [0.2, 0.25) is 15.9 Å². The molecular formula is C27H33N3O4S. The number of fused-ring (bicyclic) bond motifs is 1. The van der Waals surface area contributed by atoms with Gasteiger partial charge in [0, 0.05) is 55.3 Å². The van der Waals surface area contributed by atoms with E-state index in [2.05, 4.69) is 22.9 Å². The molecule has 0 atom stereocenters. The molecule has 0 bridgehead atoms. The van der Waals surface area contributed by atoms with Crippen molar-refractivity contribution >= 4 is 26.8 Å². The molecule has 2 fully saturated rings. The van der Waals surface area contributed by atoms with Gasteiger partial charge in [-0.2, -0.15) is 0 Å². The van der Waals surface area contributed by atoms with Crippen molar-refractivity contribution in [3.8, 4) is 11.3 Å². The molecule has 2 aromatic carbocycles. The minimum atomic E-state index is -3.66. The van der Waals surface area contributed by atoms with Gasteiger partial charge in [0.05, 0.1) is 11.5 Å². The number of carbonyl (C=O) groups is 1. The zero-order valence-electron chi connectivity index (χ0n) is 20.2. The maximum absolute atomic E-state index is 13.2. The highest BCUT2D eigenvalue weighted by Gasteiger charge is 2.31. The number of sulfonamides is 1. The predicted octanol–water partition coefficient (Wildman–Crippen LogP) is 3.93. The Hall–Kier alpha value is -2.68. The highest BCUT2D eigenvalue weighted by molar-refractivity contribution is 7.89. The van der Waals surface area contributed by atoms with Crippen molar-refractivity contribution in [2.75, 3.05) is 26.3 Å². The number of hydrogen-bond acceptors (Lipinski definition) is 4. The Morgan fingerprint density at radius 3 is 2.51 bits per heavy atom. The molecule has 3 aromatic rings. The Kier molecular flexibility index (Phi) is 6.95. The van der Waals surface area contributed by atoms with E-state index in [1.807, 2.05) is 40.8 Å². The summed E-state index contributed by atoms with van der Waals surface area (Å²) in [6.07, 6.45) is 3.63. The number of rotatable bonds is 5. The van der Waals surface area contributed by atoms with Gasteiger partial charge < -0.3 is 14.2 Å². The molecule has 1 aliphatic heterocycles. The third-order valence-corrected chi connectivity index (χ3v) is 8.85. The van der Waals surface area contributed by atoms with Crippen molar-refractivity contribution in [3.63, 3.8) is 0 Å². The van der Waals surface area contributed by atoms with Gasteiger partial charge in [0.15, 0.2) is 0 Å². The largest absolute Gasteiger partial charge is 0.380 e. The van der Waals surface area contributed by atoms with Gasteiger partial charge in [-0.05, 0) is 55.9 Å². The van der Waals surface area contributed by atoms with Crippen molar-refractivity contribution in [1.29, 1.82) is 0 Å². The SMILES string of the molecule is Cn1c(-c2ccccc2)cc2ccc(S(=O)(=O)N[C@H]3CC[C@H](C(=O)N4CCCOCC4)CC3)cc21. The number of hydrogen-bond donors (Lipinski definition) is 1. The van der Waals surface area contributed by atoms with Crippen molar-refractivity contribution in [2.24, 2.45) is 13.0 Å². The lowest BCUT2D eigenvalue weighted by atomic mass is 9.85. The quantitative estimate of drug-likeness (QED) is 0.582. The van der Waals surface area contributed by atoms with Crippen molar-refractivity contribution in [3.05, 3.63) is 54.6 Å². The molecule has 2 aliphatic rings. The van der Waals surface area contributed by atoms with Crippen LogP contribution in [0.1, 0.15) is 32.1 Å². The van der Waals surface area contributed by atoms with E-state index in [9.17, 15) is 13.2 Å². The molecule has 8 heteroatoms. The van der Waals surface area contributed by atoms with Crippen LogP contribution in [0, 0.1) is 5.92 Å². The number of aromatic nitrogens is 1. The number of carbonyl (C=O) groups excluding carboxylic acids is 1. The predicted molar refractivity (Wildman–Crippen MR) is 136 cm³/mol. The average molecular weight is 496 g/mol. The molecule has 1 N–H and O–H groups in total. The summed E-state index contributed by atoms with van der Waals surface area (Å²) in [5.74, 6) is 0.171. The molecule has 35 heavy (non-hydrogen) atoms. The average Bonchev–Trinajstić information content (AvgIpc) is 3.02. The second-order valence-corrected chi connectivity index (χ2v) is 11.4. The summed E-state index contributed by atoms with van der Waals surface area (Å²) in [6, 6.07) is 17.3. The fourth-order valence-corrected chi connectivity index (χ4v) is 6.66. The van der Waals surface area contributed by atoms with Crippen LogP contribution in [0.5, 0.6) is 0 Å². The molecule has 1 aromatic heterocycles. The van der Waals surface area contributed by atoms with Crippen LogP contribution in [0.25, 0.3) is 22.2 Å². The second kappa shape index (κ2) is 10.1. The molecule has 5 rings (SSSR count). The number of ether oxygens (including phenoxy) is 1. The van der Waals surface area contributed by atoms with E-state index in [-0.39, 0.29) is 22.8 Å². The van der Waals surface area contributed by atoms with Crippen LogP contribution in [0.3, 0.4) is 0 Å². The zero-order valence-corrected chi connectivity index (χ0v) is 21.0. The van der Waals surface area contributed by atoms with Gasteiger partial charge in [-0.15, -0.1) is 0 Å². The fraction of sp³-hybridized carbons (Fsp3) is 0.444. The number of aryl methyl sites for hydroxylation is 1. The molecule has 0 unspecified atom stereocenters. The molecule has 186 valence electrons. The number of nitrogens with one attached hydrogen (secondary N) is 1. The third-order valence-electron chi connectivity index (χ3n) is 7.33. The van der Waals surface area contributed by atoms with Crippen LogP contribution < -0.4 is 4.72 Å². The summed E-state index contributed by atoms with van der Waals surface area (Å²) in [6.45, 7) is 2.71. The first-order valence-corrected chi connectivity index (χ1v) is 13.9. The van der Waals surface area contributed by atoms with Crippen LogP contribution in [-0.4, -0.2) is 56.1 Å². The standard InChI is InChI=1S/C27H33N3O4S/c1-29-25(20-6-3-2-4-7-20)18-22-10-13-24(19-26(22)29)35(32,33)28-23-11-8-21(9-12-23)27(31)30-14-5-16-34-17-15-30/h2-4,6-7,10,13,18-19,21,23,28H,5,8-9,11-12,14-17H2,1H3/t21-,23-. The molecule has 0 radical (unpaired) electrons. The van der Waals surface area contributed by atoms with E-state index >= 15 is 0 Å². The highest BCUT2D eigenvalue weighted by atomic mass is 32.2. The van der Waals surface area contributed by atoms with E-state index in [4.69, 9.17) is 4.74 Å². The monoisotopic (exact) mass is 495 g/mol. The van der Waals surface area contributed by atoms with Gasteiger partial charge in [-0.3, -0.25) is 4.79 Å². The van der Waals surface area contributed by atoms with Crippen LogP contribution >= 0.6 is 0 Å². The third kappa shape index (κ3) is 5.15. The molecule has 2 heterocycles. The summed E-state index contributed by atoms with van der Waals surface area (Å²) >= 11 is 0. The van der Waals surface area contributed by atoms with E-state index < -0.39 is 10.0 Å². The number of amides is 1. The smallest absolute Gasteiger partial charge is 0.240 e. The molecule has 1 saturated heterocycles. The molecule has 1 saturated carbocycles. The Morgan fingerprint density at radius 2 is 1.74 bits per heavy atom. The van der Waals surface area contributed by atoms with Crippen molar-refractivity contribution in [2.45, 2.75) is 43.0 Å². The lowest BCUT2D eigenvalue weighted by Crippen LogP contribution is -2.43. The fourth-order valence-electron chi connectivity index (χ4n) is 5.33. The lowest BCUT2D eigenvalue weighted by Gasteiger charge is -2.31. The summed E-state index contributed by atoms with van der Waals surface area (Å²) < 4.78 is 36.8. The first-order chi connectivity index (χ1) is 16.9. The highest BCUT2D eigenvalue weighted by Crippen LogP contribution is 2.30. The summed E-state index contributed by atoms with van der Waals surface area (Å²) in [5, 5.41) is 1.00. The Morgan fingerprint density at radius 1 is 0.971 bits per heavy atom. The maximum atomic E-state index is 13.2. The maximum Gasteiger partial charge on any atom is 0.240 e. The zero-order chi connectivity index (χ0) is 24.4. The molecule has 0 spiro atoms. The first kappa shape index (κ1) is 24.0. The second-order valence-electron chi connectivity index (χ2n) is 9.64. The Bertz CT molecular complexity index is 1290.